The third-order valence-electron chi connectivity index (χ3n) is 3.44. The molecule has 0 radical (unpaired) electrons. The van der Waals surface area contributed by atoms with E-state index in [-0.39, 0.29) is 0 Å². The summed E-state index contributed by atoms with van der Waals surface area (Å²) in [5, 5.41) is 0. The van der Waals surface area contributed by atoms with Crippen LogP contribution < -0.4 is 0 Å². The van der Waals surface area contributed by atoms with Gasteiger partial charge in [0.25, 0.3) is 0 Å². The molecule has 0 saturated carbocycles. The Bertz CT molecular complexity index is 376. The van der Waals surface area contributed by atoms with Gasteiger partial charge in [-0.25, -0.2) is 0 Å². The molecule has 1 saturated heterocycles. The number of rotatable bonds is 4. The van der Waals surface area contributed by atoms with E-state index >= 15 is 0 Å². The van der Waals surface area contributed by atoms with Gasteiger partial charge in [0.15, 0.2) is 6.29 Å². The second kappa shape index (κ2) is 4.83. The number of hydrogen-bond acceptors (Lipinski definition) is 2. The topological polar surface area (TPSA) is 31.2 Å². The Hall–Kier alpha value is -1.09. The van der Waals surface area contributed by atoms with Crippen molar-refractivity contribution in [2.75, 3.05) is 6.61 Å². The van der Waals surface area contributed by atoms with Crippen molar-refractivity contribution >= 4 is 6.29 Å². The highest BCUT2D eigenvalue weighted by molar-refractivity contribution is 5.77. The molecule has 3 nitrogen and oxygen atoms in total. The molecule has 3 heteroatoms. The zero-order chi connectivity index (χ0) is 11.5. The van der Waals surface area contributed by atoms with Gasteiger partial charge in [0.2, 0.25) is 0 Å². The summed E-state index contributed by atoms with van der Waals surface area (Å²) >= 11 is 0. The van der Waals surface area contributed by atoms with Crippen LogP contribution in [0.25, 0.3) is 0 Å². The van der Waals surface area contributed by atoms with Crippen molar-refractivity contribution in [3.63, 3.8) is 0 Å². The minimum Gasteiger partial charge on any atom is -0.378 e. The van der Waals surface area contributed by atoms with Crippen molar-refractivity contribution in [2.24, 2.45) is 0 Å². The molecule has 0 amide bonds. The molecule has 16 heavy (non-hydrogen) atoms. The Morgan fingerprint density at radius 3 is 2.94 bits per heavy atom. The fraction of sp³-hybridized carbons (Fsp3) is 0.615. The Morgan fingerprint density at radius 1 is 1.56 bits per heavy atom. The maximum atomic E-state index is 10.8. The minimum atomic E-state index is 0.417. The highest BCUT2D eigenvalue weighted by Crippen LogP contribution is 2.19. The summed E-state index contributed by atoms with van der Waals surface area (Å²) in [6.45, 7) is 5.92. The van der Waals surface area contributed by atoms with Crippen molar-refractivity contribution in [2.45, 2.75) is 45.8 Å². The number of hydrogen-bond donors (Lipinski definition) is 0. The van der Waals surface area contributed by atoms with Crippen LogP contribution in [0.15, 0.2) is 6.07 Å². The molecule has 1 aromatic rings. The zero-order valence-electron chi connectivity index (χ0n) is 10.0. The number of ether oxygens (including phenoxy) is 1. The van der Waals surface area contributed by atoms with Gasteiger partial charge in [0.05, 0.1) is 6.10 Å². The third kappa shape index (κ3) is 2.19. The molecule has 0 N–H and O–H groups in total. The molecule has 1 unspecified atom stereocenters. The molecule has 1 fully saturated rings. The van der Waals surface area contributed by atoms with Crippen molar-refractivity contribution in [1.29, 1.82) is 0 Å². The molecule has 2 heterocycles. The van der Waals surface area contributed by atoms with Crippen molar-refractivity contribution in [1.82, 2.24) is 4.57 Å². The van der Waals surface area contributed by atoms with E-state index in [4.69, 9.17) is 4.74 Å². The van der Waals surface area contributed by atoms with Crippen LogP contribution in [0.4, 0.5) is 0 Å². The summed E-state index contributed by atoms with van der Waals surface area (Å²) in [6.07, 6.45) is 4.77. The summed E-state index contributed by atoms with van der Waals surface area (Å²) < 4.78 is 7.82. The van der Waals surface area contributed by atoms with Crippen LogP contribution in [0.5, 0.6) is 0 Å². The van der Waals surface area contributed by atoms with E-state index in [2.05, 4.69) is 11.5 Å². The van der Waals surface area contributed by atoms with Gasteiger partial charge in [-0.2, -0.15) is 0 Å². The predicted octanol–water partition coefficient (Wildman–Crippen LogP) is 2.49. The number of aryl methyl sites for hydroxylation is 1. The number of carbonyl (C=O) groups excluding carboxylic acids is 1. The maximum Gasteiger partial charge on any atom is 0.151 e. The van der Waals surface area contributed by atoms with Gasteiger partial charge < -0.3 is 9.30 Å². The fourth-order valence-corrected chi connectivity index (χ4v) is 2.44. The summed E-state index contributed by atoms with van der Waals surface area (Å²) in [7, 11) is 0. The zero-order valence-corrected chi connectivity index (χ0v) is 10.0. The van der Waals surface area contributed by atoms with Crippen molar-refractivity contribution in [3.8, 4) is 0 Å². The van der Waals surface area contributed by atoms with E-state index in [0.29, 0.717) is 6.10 Å². The van der Waals surface area contributed by atoms with E-state index in [1.807, 2.05) is 13.0 Å². The number of nitrogens with zero attached hydrogens (tertiary/aromatic N) is 1. The molecule has 0 aliphatic carbocycles. The predicted molar refractivity (Wildman–Crippen MR) is 62.9 cm³/mol. The second-order valence-electron chi connectivity index (χ2n) is 4.52. The van der Waals surface area contributed by atoms with E-state index in [0.717, 1.165) is 42.8 Å². The van der Waals surface area contributed by atoms with Crippen LogP contribution >= 0.6 is 0 Å². The van der Waals surface area contributed by atoms with E-state index in [1.54, 1.807) is 0 Å². The Kier molecular flexibility index (Phi) is 3.44. The Morgan fingerprint density at radius 2 is 2.38 bits per heavy atom. The second-order valence-corrected chi connectivity index (χ2v) is 4.52. The highest BCUT2D eigenvalue weighted by atomic mass is 16.5. The molecule has 88 valence electrons. The number of aldehydes is 1. The number of aromatic nitrogens is 1. The van der Waals surface area contributed by atoms with Crippen molar-refractivity contribution in [3.05, 3.63) is 23.0 Å². The molecule has 1 aliphatic heterocycles. The van der Waals surface area contributed by atoms with Gasteiger partial charge in [-0.1, -0.05) is 0 Å². The van der Waals surface area contributed by atoms with Gasteiger partial charge >= 0.3 is 0 Å². The summed E-state index contributed by atoms with van der Waals surface area (Å²) in [5.41, 5.74) is 3.05. The summed E-state index contributed by atoms with van der Waals surface area (Å²) in [4.78, 5) is 10.8. The lowest BCUT2D eigenvalue weighted by molar-refractivity contribution is 0.100. The quantitative estimate of drug-likeness (QED) is 0.731. The van der Waals surface area contributed by atoms with Crippen LogP contribution in [0.1, 0.15) is 41.0 Å². The van der Waals surface area contributed by atoms with E-state index in [9.17, 15) is 4.79 Å². The summed E-state index contributed by atoms with van der Waals surface area (Å²) in [6, 6.07) is 1.96. The highest BCUT2D eigenvalue weighted by Gasteiger charge is 2.16. The molecule has 1 aromatic heterocycles. The largest absolute Gasteiger partial charge is 0.378 e. The van der Waals surface area contributed by atoms with Crippen molar-refractivity contribution < 1.29 is 9.53 Å². The first kappa shape index (κ1) is 11.4. The first-order chi connectivity index (χ1) is 7.72. The average molecular weight is 221 g/mol. The van der Waals surface area contributed by atoms with Crippen LogP contribution in [0, 0.1) is 13.8 Å². The molecule has 1 aliphatic rings. The lowest BCUT2D eigenvalue weighted by Crippen LogP contribution is -2.11. The van der Waals surface area contributed by atoms with Gasteiger partial charge in [0.1, 0.15) is 0 Å². The lowest BCUT2D eigenvalue weighted by Gasteiger charge is -2.13. The van der Waals surface area contributed by atoms with Crippen LogP contribution in [0.2, 0.25) is 0 Å². The smallest absolute Gasteiger partial charge is 0.151 e. The Labute approximate surface area is 96.4 Å². The standard InChI is InChI=1S/C13H19NO2/c1-10-8-12(9-15)11(2)14(10)6-5-13-4-3-7-16-13/h8-9,13H,3-7H2,1-2H3. The molecule has 0 bridgehead atoms. The van der Waals surface area contributed by atoms with E-state index in [1.165, 1.54) is 12.8 Å². The van der Waals surface area contributed by atoms with Crippen LogP contribution in [-0.4, -0.2) is 23.6 Å². The molecule has 0 aromatic carbocycles. The number of carbonyl (C=O) groups is 1. The molecular weight excluding hydrogens is 202 g/mol. The van der Waals surface area contributed by atoms with Crippen LogP contribution in [-0.2, 0) is 11.3 Å². The van der Waals surface area contributed by atoms with Gasteiger partial charge in [0, 0.05) is 30.1 Å². The van der Waals surface area contributed by atoms with Gasteiger partial charge in [-0.3, -0.25) is 4.79 Å². The fourth-order valence-electron chi connectivity index (χ4n) is 2.44. The molecule has 0 spiro atoms. The Balaban J connectivity index is 2.02. The first-order valence-electron chi connectivity index (χ1n) is 5.96. The van der Waals surface area contributed by atoms with Gasteiger partial charge in [-0.05, 0) is 39.2 Å². The lowest BCUT2D eigenvalue weighted by atomic mass is 10.2. The van der Waals surface area contributed by atoms with Gasteiger partial charge in [-0.15, -0.1) is 0 Å². The maximum absolute atomic E-state index is 10.8. The average Bonchev–Trinajstić information content (AvgIpc) is 2.86. The normalized spacial score (nSPS) is 20.2. The third-order valence-corrected chi connectivity index (χ3v) is 3.44. The van der Waals surface area contributed by atoms with Crippen LogP contribution in [0.3, 0.4) is 0 Å². The minimum absolute atomic E-state index is 0.417. The molecule has 2 rings (SSSR count). The van der Waals surface area contributed by atoms with E-state index < -0.39 is 0 Å². The SMILES string of the molecule is Cc1cc(C=O)c(C)n1CCC1CCCO1. The monoisotopic (exact) mass is 221 g/mol. The first-order valence-corrected chi connectivity index (χ1v) is 5.96. The summed E-state index contributed by atoms with van der Waals surface area (Å²) in [5.74, 6) is 0. The molecule has 1 atom stereocenters. The molecular formula is C13H19NO2.